The lowest BCUT2D eigenvalue weighted by atomic mass is 10.1. The van der Waals surface area contributed by atoms with Gasteiger partial charge in [0, 0.05) is 12.6 Å². The molecule has 2 rings (SSSR count). The fourth-order valence-electron chi connectivity index (χ4n) is 2.20. The van der Waals surface area contributed by atoms with E-state index in [0.717, 1.165) is 19.4 Å². The van der Waals surface area contributed by atoms with Gasteiger partial charge < -0.3 is 0 Å². The molecule has 1 aliphatic heterocycles. The van der Waals surface area contributed by atoms with Gasteiger partial charge in [-0.05, 0) is 32.3 Å². The molecule has 0 spiro atoms. The lowest BCUT2D eigenvalue weighted by Crippen LogP contribution is -2.07. The second-order valence-corrected chi connectivity index (χ2v) is 6.57. The Labute approximate surface area is 115 Å². The maximum absolute atomic E-state index is 12.5. The number of benzene rings is 1. The van der Waals surface area contributed by atoms with Crippen molar-refractivity contribution < 1.29 is 13.6 Å². The van der Waals surface area contributed by atoms with Gasteiger partial charge in [0.2, 0.25) is 0 Å². The lowest BCUT2D eigenvalue weighted by molar-refractivity contribution is 0.194. The monoisotopic (exact) mass is 283 g/mol. The van der Waals surface area contributed by atoms with Crippen molar-refractivity contribution in [3.05, 3.63) is 35.9 Å². The fourth-order valence-corrected chi connectivity index (χ4v) is 4.13. The van der Waals surface area contributed by atoms with Crippen LogP contribution in [0, 0.1) is 0 Å². The van der Waals surface area contributed by atoms with Gasteiger partial charge in [0.25, 0.3) is 0 Å². The van der Waals surface area contributed by atoms with Gasteiger partial charge in [0.15, 0.2) is 0 Å². The first-order valence-electron chi connectivity index (χ1n) is 6.89. The average Bonchev–Trinajstić information content (AvgIpc) is 3.18. The Balaban J connectivity index is 1.84. The van der Waals surface area contributed by atoms with Crippen LogP contribution in [0.3, 0.4) is 0 Å². The third-order valence-electron chi connectivity index (χ3n) is 3.19. The molecular formula is C14H22NO3P. The molecule has 4 nitrogen and oxygen atoms in total. The molecule has 5 heteroatoms. The average molecular weight is 283 g/mol. The summed E-state index contributed by atoms with van der Waals surface area (Å²) in [6.07, 6.45) is 1.99. The summed E-state index contributed by atoms with van der Waals surface area (Å²) in [7, 11) is -3.02. The minimum absolute atomic E-state index is 0.323. The molecule has 0 N–H and O–H groups in total. The molecule has 1 aromatic carbocycles. The molecule has 0 radical (unpaired) electrons. The van der Waals surface area contributed by atoms with Gasteiger partial charge in [-0.1, -0.05) is 30.3 Å². The molecule has 1 aromatic rings. The van der Waals surface area contributed by atoms with E-state index in [4.69, 9.17) is 9.05 Å². The number of hydrogen-bond acceptors (Lipinski definition) is 3. The Kier molecular flexibility index (Phi) is 5.17. The molecule has 1 saturated heterocycles. The Morgan fingerprint density at radius 1 is 1.21 bits per heavy atom. The zero-order valence-electron chi connectivity index (χ0n) is 11.6. The third-order valence-corrected chi connectivity index (χ3v) is 5.48. The molecule has 0 amide bonds. The van der Waals surface area contributed by atoms with Gasteiger partial charge >= 0.3 is 7.75 Å². The fraction of sp³-hybridized carbons (Fsp3) is 0.571. The minimum atomic E-state index is -3.02. The summed E-state index contributed by atoms with van der Waals surface area (Å²) >= 11 is 0. The van der Waals surface area contributed by atoms with Crippen molar-refractivity contribution in [1.29, 1.82) is 0 Å². The summed E-state index contributed by atoms with van der Waals surface area (Å²) in [5.74, 6) is 0. The highest BCUT2D eigenvalue weighted by Gasteiger charge is 2.49. The molecule has 2 unspecified atom stereocenters. The molecular weight excluding hydrogens is 261 g/mol. The molecule has 1 fully saturated rings. The highest BCUT2D eigenvalue weighted by molar-refractivity contribution is 7.51. The molecule has 0 saturated carbocycles. The Bertz CT molecular complexity index is 428. The van der Waals surface area contributed by atoms with Crippen LogP contribution in [0.4, 0.5) is 0 Å². The van der Waals surface area contributed by atoms with Crippen molar-refractivity contribution in [3.63, 3.8) is 0 Å². The predicted molar refractivity (Wildman–Crippen MR) is 76.1 cm³/mol. The second kappa shape index (κ2) is 6.67. The smallest absolute Gasteiger partial charge is 0.297 e. The first kappa shape index (κ1) is 14.7. The number of aryl methyl sites for hydroxylation is 1. The Morgan fingerprint density at radius 2 is 1.84 bits per heavy atom. The van der Waals surface area contributed by atoms with E-state index in [1.54, 1.807) is 0 Å². The van der Waals surface area contributed by atoms with Crippen LogP contribution in [-0.2, 0) is 20.0 Å². The highest BCUT2D eigenvalue weighted by atomic mass is 31.2. The van der Waals surface area contributed by atoms with Gasteiger partial charge in [-0.15, -0.1) is 0 Å². The van der Waals surface area contributed by atoms with E-state index in [2.05, 4.69) is 12.1 Å². The van der Waals surface area contributed by atoms with Gasteiger partial charge in [0.1, 0.15) is 0 Å². The number of nitrogens with zero attached hydrogens (tertiary/aromatic N) is 1. The van der Waals surface area contributed by atoms with Crippen molar-refractivity contribution >= 4 is 7.75 Å². The van der Waals surface area contributed by atoms with Gasteiger partial charge in [-0.2, -0.15) is 0 Å². The van der Waals surface area contributed by atoms with Gasteiger partial charge in [-0.25, -0.2) is 9.24 Å². The van der Waals surface area contributed by atoms with Crippen molar-refractivity contribution in [1.82, 2.24) is 4.67 Å². The highest BCUT2D eigenvalue weighted by Crippen LogP contribution is 2.59. The number of hydrogen-bond donors (Lipinski definition) is 0. The van der Waals surface area contributed by atoms with Crippen LogP contribution in [0.1, 0.15) is 25.8 Å². The maximum Gasteiger partial charge on any atom is 0.408 e. The van der Waals surface area contributed by atoms with Gasteiger partial charge in [-0.3, -0.25) is 9.05 Å². The summed E-state index contributed by atoms with van der Waals surface area (Å²) in [4.78, 5) is 0. The molecule has 1 aliphatic rings. The van der Waals surface area contributed by atoms with Crippen molar-refractivity contribution in [2.75, 3.05) is 19.8 Å². The van der Waals surface area contributed by atoms with Crippen LogP contribution in [0.2, 0.25) is 0 Å². The first-order chi connectivity index (χ1) is 9.19. The van der Waals surface area contributed by atoms with Crippen LogP contribution in [0.5, 0.6) is 0 Å². The van der Waals surface area contributed by atoms with Crippen molar-refractivity contribution in [2.45, 2.75) is 32.7 Å². The van der Waals surface area contributed by atoms with E-state index in [0.29, 0.717) is 19.3 Å². The molecule has 106 valence electrons. The van der Waals surface area contributed by atoms with Crippen LogP contribution < -0.4 is 0 Å². The molecule has 0 aromatic heterocycles. The lowest BCUT2D eigenvalue weighted by Gasteiger charge is -2.18. The molecule has 0 aliphatic carbocycles. The van der Waals surface area contributed by atoms with E-state index in [-0.39, 0.29) is 0 Å². The van der Waals surface area contributed by atoms with E-state index < -0.39 is 7.75 Å². The van der Waals surface area contributed by atoms with Crippen LogP contribution >= 0.6 is 7.75 Å². The summed E-state index contributed by atoms with van der Waals surface area (Å²) in [6.45, 7) is 5.32. The Hall–Kier alpha value is -0.670. The van der Waals surface area contributed by atoms with Gasteiger partial charge in [0.05, 0.1) is 13.2 Å². The largest absolute Gasteiger partial charge is 0.408 e. The predicted octanol–water partition coefficient (Wildman–Crippen LogP) is 3.48. The topological polar surface area (TPSA) is 38.5 Å². The summed E-state index contributed by atoms with van der Waals surface area (Å²) < 4.78 is 25.0. The quantitative estimate of drug-likeness (QED) is 0.541. The van der Waals surface area contributed by atoms with Crippen molar-refractivity contribution in [2.24, 2.45) is 0 Å². The summed E-state index contributed by atoms with van der Waals surface area (Å²) in [5.41, 5.74) is 1.32. The molecule has 0 bridgehead atoms. The number of rotatable bonds is 8. The minimum Gasteiger partial charge on any atom is -0.297 e. The summed E-state index contributed by atoms with van der Waals surface area (Å²) in [5, 5.41) is 0. The second-order valence-electron chi connectivity index (χ2n) is 4.60. The van der Waals surface area contributed by atoms with Crippen LogP contribution in [0.15, 0.2) is 30.3 Å². The van der Waals surface area contributed by atoms with Crippen LogP contribution in [0.25, 0.3) is 0 Å². The van der Waals surface area contributed by atoms with E-state index in [1.807, 2.05) is 36.7 Å². The summed E-state index contributed by atoms with van der Waals surface area (Å²) in [6, 6.07) is 10.7. The van der Waals surface area contributed by atoms with Crippen LogP contribution in [-0.4, -0.2) is 30.5 Å². The van der Waals surface area contributed by atoms with E-state index in [9.17, 15) is 4.57 Å². The first-order valence-corrected chi connectivity index (χ1v) is 8.39. The Morgan fingerprint density at radius 3 is 2.42 bits per heavy atom. The maximum atomic E-state index is 12.5. The van der Waals surface area contributed by atoms with E-state index in [1.165, 1.54) is 5.56 Å². The zero-order valence-corrected chi connectivity index (χ0v) is 12.5. The molecule has 2 atom stereocenters. The normalized spacial score (nSPS) is 22.4. The van der Waals surface area contributed by atoms with E-state index >= 15 is 0 Å². The molecule has 19 heavy (non-hydrogen) atoms. The SMILES string of the molecule is CCOP(=O)(OCC)N1CC1CCc1ccccc1. The zero-order chi connectivity index (χ0) is 13.7. The molecule has 1 heterocycles. The standard InChI is InChI=1S/C14H22NO3P/c1-3-17-19(16,18-4-2)15-12-14(15)11-10-13-8-6-5-7-9-13/h5-9,14H,3-4,10-12H2,1-2H3. The van der Waals surface area contributed by atoms with Crippen molar-refractivity contribution in [3.8, 4) is 0 Å². The third kappa shape index (κ3) is 3.90.